The molecule has 13 nitrogen and oxygen atoms in total. The Morgan fingerprint density at radius 2 is 0.600 bits per heavy atom. The van der Waals surface area contributed by atoms with Crippen LogP contribution in [0.1, 0.15) is 0 Å². The van der Waals surface area contributed by atoms with Crippen molar-refractivity contribution in [3.8, 4) is 0 Å². The van der Waals surface area contributed by atoms with Crippen molar-refractivity contribution < 1.29 is 33.9 Å². The van der Waals surface area contributed by atoms with Crippen LogP contribution in [0.4, 0.5) is 0 Å². The van der Waals surface area contributed by atoms with Gasteiger partial charge in [-0.05, 0) is 0 Å². The summed E-state index contributed by atoms with van der Waals surface area (Å²) in [5.41, 5.74) is 27.0. The summed E-state index contributed by atoms with van der Waals surface area (Å²) >= 11 is 0. The van der Waals surface area contributed by atoms with Gasteiger partial charge in [0.05, 0.1) is 79.3 Å². The van der Waals surface area contributed by atoms with Gasteiger partial charge in [-0.3, -0.25) is 9.82 Å². The highest BCUT2D eigenvalue weighted by atomic mass is 16.6. The van der Waals surface area contributed by atoms with Gasteiger partial charge in [-0.1, -0.05) is 0 Å². The first-order chi connectivity index (χ1) is 12.2. The van der Waals surface area contributed by atoms with Crippen LogP contribution in [0.2, 0.25) is 0 Å². The Labute approximate surface area is 146 Å². The molecule has 0 spiro atoms. The van der Waals surface area contributed by atoms with Crippen LogP contribution >= 0.6 is 0 Å². The standard InChI is InChI=1S/C12H26O7.2N3/c13-1-3-15-5-7-17-9-11-19-12-10-18-8-6-16-4-2-14;2*1-3-2/h13-14H,1-12H2;;/q;2*-1. The van der Waals surface area contributed by atoms with Gasteiger partial charge < -0.3 is 56.0 Å². The van der Waals surface area contributed by atoms with Crippen molar-refractivity contribution in [3.05, 3.63) is 31.9 Å². The molecular weight excluding hydrogens is 340 g/mol. The predicted molar refractivity (Wildman–Crippen MR) is 88.4 cm³/mol. The quantitative estimate of drug-likeness (QED) is 0.173. The Morgan fingerprint density at radius 1 is 0.440 bits per heavy atom. The Morgan fingerprint density at radius 3 is 0.760 bits per heavy atom. The van der Waals surface area contributed by atoms with E-state index in [0.717, 1.165) is 0 Å². The lowest BCUT2D eigenvalue weighted by Crippen LogP contribution is -2.14. The fraction of sp³-hybridized carbons (Fsp3) is 1.00. The minimum atomic E-state index is 0.0359. The van der Waals surface area contributed by atoms with E-state index in [4.69, 9.17) is 56.0 Å². The van der Waals surface area contributed by atoms with E-state index in [2.05, 4.69) is 0 Å². The fourth-order valence-electron chi connectivity index (χ4n) is 1.11. The van der Waals surface area contributed by atoms with E-state index in [1.165, 1.54) is 9.82 Å². The summed E-state index contributed by atoms with van der Waals surface area (Å²) in [5.74, 6) is 0. The lowest BCUT2D eigenvalue weighted by Gasteiger charge is -2.07. The van der Waals surface area contributed by atoms with Gasteiger partial charge in [-0.25, -0.2) is 0 Å². The second-order valence-electron chi connectivity index (χ2n) is 3.69. The van der Waals surface area contributed by atoms with Crippen molar-refractivity contribution >= 4 is 0 Å². The summed E-state index contributed by atoms with van der Waals surface area (Å²) in [6, 6.07) is 0. The number of rotatable bonds is 16. The summed E-state index contributed by atoms with van der Waals surface area (Å²) < 4.78 is 25.8. The first-order valence-electron chi connectivity index (χ1n) is 7.32. The monoisotopic (exact) mass is 366 g/mol. The Hall–Kier alpha value is -1.66. The highest BCUT2D eigenvalue weighted by Gasteiger charge is 1.92. The van der Waals surface area contributed by atoms with Crippen LogP contribution < -0.4 is 0 Å². The van der Waals surface area contributed by atoms with Crippen LogP contribution in [0.5, 0.6) is 0 Å². The summed E-state index contributed by atoms with van der Waals surface area (Å²) in [4.78, 5) is 3.00. The number of aliphatic hydroxyl groups is 2. The molecule has 0 aromatic rings. The maximum Gasteiger partial charge on any atom is 0.0701 e. The lowest BCUT2D eigenvalue weighted by atomic mass is 10.7. The van der Waals surface area contributed by atoms with Crippen molar-refractivity contribution in [3.63, 3.8) is 0 Å². The first kappa shape index (κ1) is 28.2. The van der Waals surface area contributed by atoms with Crippen LogP contribution in [0.25, 0.3) is 31.9 Å². The van der Waals surface area contributed by atoms with Gasteiger partial charge in [-0.15, -0.1) is 0 Å². The van der Waals surface area contributed by atoms with Crippen LogP contribution in [-0.2, 0) is 23.7 Å². The minimum Gasteiger partial charge on any atom is -0.394 e. The van der Waals surface area contributed by atoms with Crippen molar-refractivity contribution in [1.29, 1.82) is 0 Å². The Balaban J connectivity index is -0.000000700. The van der Waals surface area contributed by atoms with Gasteiger partial charge in [0.1, 0.15) is 0 Å². The van der Waals surface area contributed by atoms with Crippen LogP contribution in [-0.4, -0.2) is 89.5 Å². The summed E-state index contributed by atoms with van der Waals surface area (Å²) in [6.45, 7) is 4.80. The van der Waals surface area contributed by atoms with Crippen molar-refractivity contribution in [2.45, 2.75) is 0 Å². The van der Waals surface area contributed by atoms with Gasteiger partial charge >= 0.3 is 0 Å². The van der Waals surface area contributed by atoms with Crippen molar-refractivity contribution in [1.82, 2.24) is 0 Å². The van der Waals surface area contributed by atoms with Crippen LogP contribution in [0.15, 0.2) is 0 Å². The maximum atomic E-state index is 8.45. The molecule has 0 aromatic heterocycles. The second kappa shape index (κ2) is 33.8. The molecule has 0 fully saturated rings. The molecule has 148 valence electrons. The van der Waals surface area contributed by atoms with Gasteiger partial charge in [0, 0.05) is 0 Å². The first-order valence-corrected chi connectivity index (χ1v) is 7.32. The summed E-state index contributed by atoms with van der Waals surface area (Å²) in [5, 5.41) is 16.9. The molecule has 0 radical (unpaired) electrons. The third kappa shape index (κ3) is 44.9. The molecule has 0 aliphatic carbocycles. The zero-order valence-corrected chi connectivity index (χ0v) is 14.1. The van der Waals surface area contributed by atoms with E-state index in [0.29, 0.717) is 66.1 Å². The molecule has 0 saturated heterocycles. The topological polar surface area (TPSA) is 204 Å². The Kier molecular flexibility index (Phi) is 38.1. The molecular formula is C12H26N6O7-2. The number of hydrogen-bond acceptors (Lipinski definition) is 7. The summed E-state index contributed by atoms with van der Waals surface area (Å²) in [6.07, 6.45) is 0. The van der Waals surface area contributed by atoms with E-state index >= 15 is 0 Å². The predicted octanol–water partition coefficient (Wildman–Crippen LogP) is 0.786. The number of nitrogens with zero attached hydrogens (tertiary/aromatic N) is 6. The number of aliphatic hydroxyl groups excluding tert-OH is 2. The summed E-state index contributed by atoms with van der Waals surface area (Å²) in [7, 11) is 0. The molecule has 0 rings (SSSR count). The molecule has 0 bridgehead atoms. The molecule has 0 aliphatic heterocycles. The van der Waals surface area contributed by atoms with E-state index in [1.807, 2.05) is 0 Å². The van der Waals surface area contributed by atoms with Crippen LogP contribution in [0, 0.1) is 0 Å². The average molecular weight is 366 g/mol. The molecule has 0 aromatic carbocycles. The number of hydrogen-bond donors (Lipinski definition) is 2. The van der Waals surface area contributed by atoms with Gasteiger partial charge in [0.2, 0.25) is 0 Å². The zero-order chi connectivity index (χ0) is 19.4. The molecule has 0 unspecified atom stereocenters. The van der Waals surface area contributed by atoms with E-state index in [1.54, 1.807) is 0 Å². The van der Waals surface area contributed by atoms with Crippen molar-refractivity contribution in [2.24, 2.45) is 0 Å². The Bertz CT molecular complexity index is 272. The SMILES string of the molecule is OCCOCCOCCOCCOCCOCCO.[N-]=[N+]=[N-].[N-]=[N+]=[N-]. The highest BCUT2D eigenvalue weighted by molar-refractivity contribution is 4.37. The van der Waals surface area contributed by atoms with Gasteiger partial charge in [-0.2, -0.15) is 0 Å². The molecule has 25 heavy (non-hydrogen) atoms. The molecule has 2 N–H and O–H groups in total. The van der Waals surface area contributed by atoms with E-state index in [9.17, 15) is 0 Å². The third-order valence-corrected chi connectivity index (χ3v) is 1.96. The van der Waals surface area contributed by atoms with E-state index < -0.39 is 0 Å². The smallest absolute Gasteiger partial charge is 0.0701 e. The molecule has 0 aliphatic rings. The molecule has 0 amide bonds. The maximum absolute atomic E-state index is 8.45. The third-order valence-electron chi connectivity index (χ3n) is 1.96. The molecule has 13 heteroatoms. The molecule has 0 saturated carbocycles. The normalized spacial score (nSPS) is 9.04. The van der Waals surface area contributed by atoms with E-state index in [-0.39, 0.29) is 13.2 Å². The zero-order valence-electron chi connectivity index (χ0n) is 14.1. The van der Waals surface area contributed by atoms with Crippen molar-refractivity contribution in [2.75, 3.05) is 79.3 Å². The fourth-order valence-corrected chi connectivity index (χ4v) is 1.11. The van der Waals surface area contributed by atoms with Gasteiger partial charge in [0.15, 0.2) is 0 Å². The lowest BCUT2D eigenvalue weighted by molar-refractivity contribution is -0.0151. The van der Waals surface area contributed by atoms with Crippen LogP contribution in [0.3, 0.4) is 0 Å². The highest BCUT2D eigenvalue weighted by Crippen LogP contribution is 1.83. The van der Waals surface area contributed by atoms with Gasteiger partial charge in [0.25, 0.3) is 0 Å². The second-order valence-corrected chi connectivity index (χ2v) is 3.69. The number of ether oxygens (including phenoxy) is 5. The molecule has 0 heterocycles. The minimum absolute atomic E-state index is 0.0359. The largest absolute Gasteiger partial charge is 0.394 e. The molecule has 0 atom stereocenters. The average Bonchev–Trinajstić information content (AvgIpc) is 2.60.